The molecule has 0 radical (unpaired) electrons. The van der Waals surface area contributed by atoms with Crippen molar-refractivity contribution in [2.45, 2.75) is 11.3 Å². The van der Waals surface area contributed by atoms with E-state index >= 15 is 0 Å². The van der Waals surface area contributed by atoms with Gasteiger partial charge in [0.25, 0.3) is 15.9 Å². The number of carbonyl (C=O) groups is 1. The molecule has 7 nitrogen and oxygen atoms in total. The molecule has 0 saturated heterocycles. The fourth-order valence-corrected chi connectivity index (χ4v) is 4.09. The van der Waals surface area contributed by atoms with Crippen LogP contribution in [0.25, 0.3) is 0 Å². The molecule has 2 aromatic rings. The Hall–Kier alpha value is -2.58. The van der Waals surface area contributed by atoms with E-state index in [0.29, 0.717) is 18.7 Å². The van der Waals surface area contributed by atoms with Gasteiger partial charge in [-0.1, -0.05) is 18.2 Å². The number of nitrogens with zero attached hydrogens (tertiary/aromatic N) is 1. The molecule has 0 fully saturated rings. The average Bonchev–Trinajstić information content (AvgIpc) is 3.05. The van der Waals surface area contributed by atoms with Crippen molar-refractivity contribution in [2.75, 3.05) is 17.5 Å². The summed E-state index contributed by atoms with van der Waals surface area (Å²) in [6, 6.07) is 13.4. The van der Waals surface area contributed by atoms with E-state index in [-0.39, 0.29) is 11.5 Å². The van der Waals surface area contributed by atoms with Crippen LogP contribution in [-0.4, -0.2) is 27.5 Å². The van der Waals surface area contributed by atoms with E-state index in [1.807, 2.05) is 29.7 Å². The van der Waals surface area contributed by atoms with E-state index in [2.05, 4.69) is 0 Å². The lowest BCUT2D eigenvalue weighted by Gasteiger charge is -2.19. The standard InChI is InChI=1S/C16H17N3O4S/c17-18-16(20)11-23-13-5-7-14(8-6-13)24(21,22)19-10-9-12-3-1-2-4-15(12)19/h1-8H,9-11,17H2,(H,18,20). The lowest BCUT2D eigenvalue weighted by atomic mass is 10.2. The molecule has 0 bridgehead atoms. The van der Waals surface area contributed by atoms with Gasteiger partial charge in [-0.15, -0.1) is 0 Å². The molecule has 24 heavy (non-hydrogen) atoms. The van der Waals surface area contributed by atoms with Gasteiger partial charge in [0.05, 0.1) is 10.6 Å². The van der Waals surface area contributed by atoms with Gasteiger partial charge in [-0.25, -0.2) is 14.3 Å². The predicted molar refractivity (Wildman–Crippen MR) is 88.9 cm³/mol. The number of rotatable bonds is 5. The van der Waals surface area contributed by atoms with Crippen LogP contribution in [0.4, 0.5) is 5.69 Å². The number of benzene rings is 2. The molecule has 8 heteroatoms. The Kier molecular flexibility index (Phi) is 4.41. The van der Waals surface area contributed by atoms with Gasteiger partial charge in [0.15, 0.2) is 6.61 Å². The molecular formula is C16H17N3O4S. The normalized spacial score (nSPS) is 13.5. The summed E-state index contributed by atoms with van der Waals surface area (Å²) in [7, 11) is -3.63. The highest BCUT2D eigenvalue weighted by Gasteiger charge is 2.30. The lowest BCUT2D eigenvalue weighted by molar-refractivity contribution is -0.123. The molecular weight excluding hydrogens is 330 g/mol. The molecule has 1 heterocycles. The minimum atomic E-state index is -3.63. The first-order valence-corrected chi connectivity index (χ1v) is 8.79. The molecule has 3 N–H and O–H groups in total. The number of sulfonamides is 1. The Morgan fingerprint density at radius 2 is 1.88 bits per heavy atom. The van der Waals surface area contributed by atoms with E-state index in [1.165, 1.54) is 28.6 Å². The number of ether oxygens (including phenoxy) is 1. The minimum Gasteiger partial charge on any atom is -0.484 e. The van der Waals surface area contributed by atoms with Crippen LogP contribution in [0, 0.1) is 0 Å². The van der Waals surface area contributed by atoms with Crippen molar-refractivity contribution in [2.24, 2.45) is 5.84 Å². The van der Waals surface area contributed by atoms with Crippen molar-refractivity contribution in [3.05, 3.63) is 54.1 Å². The van der Waals surface area contributed by atoms with E-state index < -0.39 is 15.9 Å². The zero-order valence-corrected chi connectivity index (χ0v) is 13.6. The van der Waals surface area contributed by atoms with Gasteiger partial charge in [-0.3, -0.25) is 14.5 Å². The third kappa shape index (κ3) is 3.06. The SMILES string of the molecule is NNC(=O)COc1ccc(S(=O)(=O)N2CCc3ccccc32)cc1. The first-order valence-electron chi connectivity index (χ1n) is 7.35. The highest BCUT2D eigenvalue weighted by Crippen LogP contribution is 2.32. The number of para-hydroxylation sites is 1. The summed E-state index contributed by atoms with van der Waals surface area (Å²) in [5.74, 6) is 4.88. The number of hydrogen-bond acceptors (Lipinski definition) is 5. The van der Waals surface area contributed by atoms with Crippen LogP contribution in [0.3, 0.4) is 0 Å². The smallest absolute Gasteiger partial charge is 0.271 e. The quantitative estimate of drug-likeness (QED) is 0.473. The van der Waals surface area contributed by atoms with E-state index in [1.54, 1.807) is 0 Å². The maximum atomic E-state index is 12.8. The fraction of sp³-hybridized carbons (Fsp3) is 0.188. The van der Waals surface area contributed by atoms with Gasteiger partial charge < -0.3 is 4.74 Å². The van der Waals surface area contributed by atoms with Crippen LogP contribution in [0.5, 0.6) is 5.75 Å². The molecule has 3 rings (SSSR count). The Morgan fingerprint density at radius 1 is 1.17 bits per heavy atom. The van der Waals surface area contributed by atoms with Crippen molar-refractivity contribution in [3.8, 4) is 5.75 Å². The van der Waals surface area contributed by atoms with Crippen LogP contribution in [0.2, 0.25) is 0 Å². The van der Waals surface area contributed by atoms with E-state index in [0.717, 1.165) is 11.3 Å². The monoisotopic (exact) mass is 347 g/mol. The average molecular weight is 347 g/mol. The largest absolute Gasteiger partial charge is 0.484 e. The molecule has 2 aromatic carbocycles. The third-order valence-corrected chi connectivity index (χ3v) is 5.61. The zero-order chi connectivity index (χ0) is 17.2. The summed E-state index contributed by atoms with van der Waals surface area (Å²) >= 11 is 0. The van der Waals surface area contributed by atoms with Gasteiger partial charge in [-0.2, -0.15) is 0 Å². The minimum absolute atomic E-state index is 0.176. The maximum absolute atomic E-state index is 12.8. The molecule has 0 unspecified atom stereocenters. The molecule has 0 aromatic heterocycles. The number of amides is 1. The van der Waals surface area contributed by atoms with Crippen LogP contribution < -0.4 is 20.3 Å². The van der Waals surface area contributed by atoms with Gasteiger partial charge >= 0.3 is 0 Å². The molecule has 0 aliphatic carbocycles. The van der Waals surface area contributed by atoms with Crippen LogP contribution in [0.1, 0.15) is 5.56 Å². The number of hydrogen-bond donors (Lipinski definition) is 2. The van der Waals surface area contributed by atoms with Gasteiger partial charge in [0, 0.05) is 6.54 Å². The summed E-state index contributed by atoms with van der Waals surface area (Å²) < 4.78 is 32.3. The second-order valence-corrected chi connectivity index (χ2v) is 7.15. The number of nitrogens with one attached hydrogen (secondary N) is 1. The third-order valence-electron chi connectivity index (χ3n) is 3.79. The van der Waals surface area contributed by atoms with Crippen LogP contribution >= 0.6 is 0 Å². The fourth-order valence-electron chi connectivity index (χ4n) is 2.58. The Labute approximate surface area is 140 Å². The molecule has 0 saturated carbocycles. The second kappa shape index (κ2) is 6.50. The Balaban J connectivity index is 1.80. The van der Waals surface area contributed by atoms with Crippen molar-refractivity contribution >= 4 is 21.6 Å². The van der Waals surface area contributed by atoms with Gasteiger partial charge in [0.2, 0.25) is 0 Å². The molecule has 0 atom stereocenters. The number of nitrogens with two attached hydrogens (primary N) is 1. The van der Waals surface area contributed by atoms with E-state index in [4.69, 9.17) is 10.6 Å². The lowest BCUT2D eigenvalue weighted by Crippen LogP contribution is -2.34. The molecule has 126 valence electrons. The number of fused-ring (bicyclic) bond motifs is 1. The zero-order valence-electron chi connectivity index (χ0n) is 12.8. The summed E-state index contributed by atoms with van der Waals surface area (Å²) in [4.78, 5) is 11.2. The number of carbonyl (C=O) groups excluding carboxylic acids is 1. The number of anilines is 1. The van der Waals surface area contributed by atoms with Crippen molar-refractivity contribution in [3.63, 3.8) is 0 Å². The van der Waals surface area contributed by atoms with Gasteiger partial charge in [0.1, 0.15) is 5.75 Å². The Morgan fingerprint density at radius 3 is 2.58 bits per heavy atom. The summed E-state index contributed by atoms with van der Waals surface area (Å²) in [6.45, 7) is 0.193. The van der Waals surface area contributed by atoms with Gasteiger partial charge in [-0.05, 0) is 42.3 Å². The number of hydrazine groups is 1. The molecule has 1 aliphatic heterocycles. The highest BCUT2D eigenvalue weighted by molar-refractivity contribution is 7.92. The molecule has 1 amide bonds. The van der Waals surface area contributed by atoms with E-state index in [9.17, 15) is 13.2 Å². The van der Waals surface area contributed by atoms with Crippen molar-refractivity contribution in [1.82, 2.24) is 5.43 Å². The van der Waals surface area contributed by atoms with Crippen LogP contribution in [-0.2, 0) is 21.2 Å². The Bertz CT molecular complexity index is 850. The molecule has 1 aliphatic rings. The van der Waals surface area contributed by atoms with Crippen LogP contribution in [0.15, 0.2) is 53.4 Å². The highest BCUT2D eigenvalue weighted by atomic mass is 32.2. The maximum Gasteiger partial charge on any atom is 0.271 e. The molecule has 0 spiro atoms. The second-order valence-electron chi connectivity index (χ2n) is 5.28. The van der Waals surface area contributed by atoms with Crippen molar-refractivity contribution < 1.29 is 17.9 Å². The predicted octanol–water partition coefficient (Wildman–Crippen LogP) is 0.807. The first-order chi connectivity index (χ1) is 11.5. The summed E-state index contributed by atoms with van der Waals surface area (Å²) in [6.07, 6.45) is 0.699. The summed E-state index contributed by atoms with van der Waals surface area (Å²) in [5.41, 5.74) is 3.69. The van der Waals surface area contributed by atoms with Crippen molar-refractivity contribution in [1.29, 1.82) is 0 Å². The first kappa shape index (κ1) is 16.3. The summed E-state index contributed by atoms with van der Waals surface area (Å²) in [5, 5.41) is 0. The topological polar surface area (TPSA) is 102 Å².